The Morgan fingerprint density at radius 1 is 1.19 bits per heavy atom. The first kappa shape index (κ1) is 16.1. The molecule has 0 saturated heterocycles. The summed E-state index contributed by atoms with van der Waals surface area (Å²) in [4.78, 5) is 0. The van der Waals surface area contributed by atoms with Crippen LogP contribution in [0.4, 0.5) is 0 Å². The van der Waals surface area contributed by atoms with Crippen LogP contribution in [0.2, 0.25) is 0 Å². The number of hydrogen-bond donors (Lipinski definition) is 1. The van der Waals surface area contributed by atoms with Gasteiger partial charge < -0.3 is 14.8 Å². The second-order valence-electron chi connectivity index (χ2n) is 5.07. The van der Waals surface area contributed by atoms with Gasteiger partial charge >= 0.3 is 0 Å². The molecule has 1 aliphatic heterocycles. The summed E-state index contributed by atoms with van der Waals surface area (Å²) in [5, 5.41) is 3.24. The maximum absolute atomic E-state index is 11.9. The van der Waals surface area contributed by atoms with Crippen LogP contribution in [0, 0.1) is 0 Å². The van der Waals surface area contributed by atoms with Gasteiger partial charge in [0.2, 0.25) is 0 Å². The zero-order valence-electron chi connectivity index (χ0n) is 12.6. The van der Waals surface area contributed by atoms with Crippen LogP contribution in [0.5, 0.6) is 11.5 Å². The quantitative estimate of drug-likeness (QED) is 0.869. The van der Waals surface area contributed by atoms with E-state index in [0.29, 0.717) is 25.5 Å². The van der Waals surface area contributed by atoms with E-state index in [1.54, 1.807) is 6.92 Å². The predicted octanol–water partition coefficient (Wildman–Crippen LogP) is 1.93. The first-order valence-electron chi connectivity index (χ1n) is 7.39. The summed E-state index contributed by atoms with van der Waals surface area (Å²) in [6, 6.07) is 5.43. The Hall–Kier alpha value is -1.27. The molecule has 1 aliphatic rings. The molecule has 0 aliphatic carbocycles. The Morgan fingerprint density at radius 3 is 2.57 bits per heavy atom. The van der Waals surface area contributed by atoms with Crippen molar-refractivity contribution in [1.29, 1.82) is 0 Å². The van der Waals surface area contributed by atoms with E-state index in [1.807, 2.05) is 25.1 Å². The monoisotopic (exact) mass is 313 g/mol. The molecule has 2 rings (SSSR count). The number of nitrogens with one attached hydrogen (secondary N) is 1. The van der Waals surface area contributed by atoms with Gasteiger partial charge in [-0.05, 0) is 24.2 Å². The number of sulfone groups is 1. The largest absolute Gasteiger partial charge is 0.490 e. The zero-order valence-corrected chi connectivity index (χ0v) is 13.4. The van der Waals surface area contributed by atoms with E-state index in [-0.39, 0.29) is 17.5 Å². The predicted molar refractivity (Wildman–Crippen MR) is 82.8 cm³/mol. The Balaban J connectivity index is 2.26. The maximum atomic E-state index is 11.9. The summed E-state index contributed by atoms with van der Waals surface area (Å²) >= 11 is 0. The van der Waals surface area contributed by atoms with E-state index >= 15 is 0 Å². The lowest BCUT2D eigenvalue weighted by atomic mass is 10.1. The molecule has 1 heterocycles. The van der Waals surface area contributed by atoms with Crippen LogP contribution in [-0.4, -0.2) is 39.7 Å². The molecule has 0 radical (unpaired) electrons. The molecule has 21 heavy (non-hydrogen) atoms. The van der Waals surface area contributed by atoms with Crippen molar-refractivity contribution in [3.05, 3.63) is 23.8 Å². The molecular formula is C15H23NO4S. The van der Waals surface area contributed by atoms with Gasteiger partial charge in [-0.1, -0.05) is 19.9 Å². The van der Waals surface area contributed by atoms with E-state index in [4.69, 9.17) is 9.47 Å². The third-order valence-corrected chi connectivity index (χ3v) is 5.21. The number of hydrogen-bond acceptors (Lipinski definition) is 5. The highest BCUT2D eigenvalue weighted by Crippen LogP contribution is 2.32. The lowest BCUT2D eigenvalue weighted by Gasteiger charge is -2.19. The molecule has 1 N–H and O–H groups in total. The van der Waals surface area contributed by atoms with Gasteiger partial charge in [0.25, 0.3) is 0 Å². The first-order valence-corrected chi connectivity index (χ1v) is 9.21. The van der Waals surface area contributed by atoms with Crippen LogP contribution >= 0.6 is 0 Å². The minimum absolute atomic E-state index is 0.0942. The minimum atomic E-state index is -3.05. The summed E-state index contributed by atoms with van der Waals surface area (Å²) in [5.74, 6) is 1.67. The van der Waals surface area contributed by atoms with Crippen LogP contribution in [0.1, 0.15) is 31.9 Å². The van der Waals surface area contributed by atoms with Crippen molar-refractivity contribution < 1.29 is 17.9 Å². The Kier molecular flexibility index (Phi) is 5.47. The Morgan fingerprint density at radius 2 is 1.90 bits per heavy atom. The van der Waals surface area contributed by atoms with Crippen LogP contribution in [0.15, 0.2) is 18.2 Å². The average molecular weight is 313 g/mol. The molecule has 5 nitrogen and oxygen atoms in total. The molecule has 1 atom stereocenters. The van der Waals surface area contributed by atoms with Gasteiger partial charge in [0.1, 0.15) is 0 Å². The SMILES string of the molecule is CCNC(CS(=O)(=O)CC)c1ccc2c(c1)OCCCO2. The highest BCUT2D eigenvalue weighted by molar-refractivity contribution is 7.91. The lowest BCUT2D eigenvalue weighted by molar-refractivity contribution is 0.297. The fourth-order valence-electron chi connectivity index (χ4n) is 2.29. The van der Waals surface area contributed by atoms with Crippen molar-refractivity contribution in [3.63, 3.8) is 0 Å². The van der Waals surface area contributed by atoms with E-state index in [9.17, 15) is 8.42 Å². The van der Waals surface area contributed by atoms with Crippen molar-refractivity contribution in [1.82, 2.24) is 5.32 Å². The van der Waals surface area contributed by atoms with Crippen LogP contribution in [0.25, 0.3) is 0 Å². The topological polar surface area (TPSA) is 64.6 Å². The standard InChI is InChI=1S/C15H23NO4S/c1-3-16-13(11-21(17,18)4-2)12-6-7-14-15(10-12)20-9-5-8-19-14/h6-7,10,13,16H,3-5,8-9,11H2,1-2H3. The normalized spacial score (nSPS) is 16.3. The van der Waals surface area contributed by atoms with E-state index in [1.165, 1.54) is 0 Å². The fourth-order valence-corrected chi connectivity index (χ4v) is 3.34. The Labute approximate surface area is 126 Å². The second kappa shape index (κ2) is 7.13. The van der Waals surface area contributed by atoms with Gasteiger partial charge in [0.15, 0.2) is 21.3 Å². The molecule has 0 bridgehead atoms. The lowest BCUT2D eigenvalue weighted by Crippen LogP contribution is -2.28. The molecule has 118 valence electrons. The van der Waals surface area contributed by atoms with Crippen molar-refractivity contribution in [2.75, 3.05) is 31.3 Å². The Bertz CT molecular complexity index is 571. The number of benzene rings is 1. The molecule has 1 unspecified atom stereocenters. The van der Waals surface area contributed by atoms with Crippen LogP contribution < -0.4 is 14.8 Å². The smallest absolute Gasteiger partial charge is 0.161 e. The van der Waals surface area contributed by atoms with Crippen molar-refractivity contribution in [2.45, 2.75) is 26.3 Å². The highest BCUT2D eigenvalue weighted by Gasteiger charge is 2.21. The number of rotatable bonds is 6. The van der Waals surface area contributed by atoms with E-state index < -0.39 is 9.84 Å². The van der Waals surface area contributed by atoms with Crippen molar-refractivity contribution >= 4 is 9.84 Å². The van der Waals surface area contributed by atoms with Gasteiger partial charge in [0, 0.05) is 18.2 Å². The highest BCUT2D eigenvalue weighted by atomic mass is 32.2. The van der Waals surface area contributed by atoms with E-state index in [0.717, 1.165) is 17.7 Å². The van der Waals surface area contributed by atoms with Gasteiger partial charge in [-0.15, -0.1) is 0 Å². The molecular weight excluding hydrogens is 290 g/mol. The second-order valence-corrected chi connectivity index (χ2v) is 7.46. The summed E-state index contributed by atoms with van der Waals surface area (Å²) in [6.07, 6.45) is 0.852. The number of ether oxygens (including phenoxy) is 2. The van der Waals surface area contributed by atoms with Crippen LogP contribution in [0.3, 0.4) is 0 Å². The third-order valence-electron chi connectivity index (χ3n) is 3.48. The average Bonchev–Trinajstić information content (AvgIpc) is 2.71. The zero-order chi connectivity index (χ0) is 15.3. The van der Waals surface area contributed by atoms with Gasteiger partial charge in [0.05, 0.1) is 19.0 Å². The third kappa shape index (κ3) is 4.35. The summed E-state index contributed by atoms with van der Waals surface area (Å²) in [7, 11) is -3.05. The summed E-state index contributed by atoms with van der Waals surface area (Å²) in [6.45, 7) is 5.61. The molecule has 0 saturated carbocycles. The first-order chi connectivity index (χ1) is 10.1. The summed E-state index contributed by atoms with van der Waals surface area (Å²) < 4.78 is 35.1. The molecule has 1 aromatic carbocycles. The molecule has 0 amide bonds. The minimum Gasteiger partial charge on any atom is -0.490 e. The molecule has 0 spiro atoms. The number of fused-ring (bicyclic) bond motifs is 1. The van der Waals surface area contributed by atoms with Gasteiger partial charge in [-0.3, -0.25) is 0 Å². The van der Waals surface area contributed by atoms with Gasteiger partial charge in [-0.25, -0.2) is 8.42 Å². The van der Waals surface area contributed by atoms with Crippen molar-refractivity contribution in [2.24, 2.45) is 0 Å². The van der Waals surface area contributed by atoms with Crippen LogP contribution in [-0.2, 0) is 9.84 Å². The molecule has 0 aromatic heterocycles. The van der Waals surface area contributed by atoms with Gasteiger partial charge in [-0.2, -0.15) is 0 Å². The molecule has 0 fully saturated rings. The van der Waals surface area contributed by atoms with E-state index in [2.05, 4.69) is 5.32 Å². The molecule has 6 heteroatoms. The maximum Gasteiger partial charge on any atom is 0.161 e. The fraction of sp³-hybridized carbons (Fsp3) is 0.600. The van der Waals surface area contributed by atoms with Crippen molar-refractivity contribution in [3.8, 4) is 11.5 Å². The molecule has 1 aromatic rings. The summed E-state index contributed by atoms with van der Waals surface area (Å²) in [5.41, 5.74) is 0.915.